The first-order chi connectivity index (χ1) is 27.4. The zero-order valence-electron chi connectivity index (χ0n) is 33.0. The van der Waals surface area contributed by atoms with Gasteiger partial charge in [0, 0.05) is 37.2 Å². The Morgan fingerprint density at radius 1 is 0.804 bits per heavy atom. The molecule has 6 nitrogen and oxygen atoms in total. The van der Waals surface area contributed by atoms with Gasteiger partial charge in [0.15, 0.2) is 0 Å². The van der Waals surface area contributed by atoms with Gasteiger partial charge >= 0.3 is 0 Å². The molecule has 0 radical (unpaired) electrons. The van der Waals surface area contributed by atoms with Crippen LogP contribution in [0.3, 0.4) is 0 Å². The molecule has 4 aromatic carbocycles. The monoisotopic (exact) mass is 742 g/mol. The fraction of sp³-hybridized carbons (Fsp3) is 0.180. The van der Waals surface area contributed by atoms with E-state index in [1.54, 1.807) is 13.3 Å². The van der Waals surface area contributed by atoms with Crippen molar-refractivity contribution in [2.75, 3.05) is 13.7 Å². The highest BCUT2D eigenvalue weighted by atomic mass is 16.5. The van der Waals surface area contributed by atoms with Gasteiger partial charge in [-0.15, -0.1) is 0 Å². The van der Waals surface area contributed by atoms with Gasteiger partial charge in [-0.25, -0.2) is 0 Å². The number of ether oxygens (including phenoxy) is 2. The van der Waals surface area contributed by atoms with Crippen LogP contribution in [0.15, 0.2) is 141 Å². The molecule has 1 aromatic heterocycles. The minimum atomic E-state index is -0.622. The molecule has 2 atom stereocenters. The van der Waals surface area contributed by atoms with Gasteiger partial charge in [0.05, 0.1) is 18.6 Å². The lowest BCUT2D eigenvalue weighted by Gasteiger charge is -2.28. The molecule has 286 valence electrons. The highest BCUT2D eigenvalue weighted by Crippen LogP contribution is 2.46. The van der Waals surface area contributed by atoms with Crippen molar-refractivity contribution >= 4 is 29.4 Å². The van der Waals surface area contributed by atoms with Crippen LogP contribution in [0.2, 0.25) is 0 Å². The summed E-state index contributed by atoms with van der Waals surface area (Å²) in [5.41, 5.74) is 33.9. The van der Waals surface area contributed by atoms with Crippen molar-refractivity contribution < 1.29 is 9.47 Å². The summed E-state index contributed by atoms with van der Waals surface area (Å²) in [6, 6.07) is 32.0. The third kappa shape index (κ3) is 9.17. The molecule has 1 aliphatic rings. The topological polar surface area (TPSA) is 109 Å². The lowest BCUT2D eigenvalue weighted by molar-refractivity contribution is 0.106. The van der Waals surface area contributed by atoms with Crippen LogP contribution in [0.4, 0.5) is 0 Å². The van der Waals surface area contributed by atoms with Crippen LogP contribution >= 0.6 is 0 Å². The van der Waals surface area contributed by atoms with Crippen molar-refractivity contribution in [3.8, 4) is 33.4 Å². The number of allylic oxidation sites excluding steroid dienone is 3. The fourth-order valence-corrected chi connectivity index (χ4v) is 7.14. The summed E-state index contributed by atoms with van der Waals surface area (Å²) in [5.74, 6) is 0.113. The fourth-order valence-electron chi connectivity index (χ4n) is 7.14. The molecule has 0 fully saturated rings. The van der Waals surface area contributed by atoms with Gasteiger partial charge in [-0.2, -0.15) is 0 Å². The van der Waals surface area contributed by atoms with E-state index in [9.17, 15) is 0 Å². The average Bonchev–Trinajstić information content (AvgIpc) is 3.26. The average molecular weight is 743 g/mol. The lowest BCUT2D eigenvalue weighted by atomic mass is 9.76. The largest absolute Gasteiger partial charge is 0.499 e. The van der Waals surface area contributed by atoms with Crippen LogP contribution in [-0.2, 0) is 15.9 Å². The van der Waals surface area contributed by atoms with E-state index in [0.29, 0.717) is 12.3 Å². The maximum absolute atomic E-state index is 6.45. The molecular weight excluding hydrogens is 689 g/mol. The van der Waals surface area contributed by atoms with Crippen LogP contribution in [0.25, 0.3) is 62.8 Å². The zero-order chi connectivity index (χ0) is 40.0. The summed E-state index contributed by atoms with van der Waals surface area (Å²) < 4.78 is 10.9. The summed E-state index contributed by atoms with van der Waals surface area (Å²) in [6.45, 7) is 15.2. The number of benzene rings is 4. The Labute approximate surface area is 333 Å². The van der Waals surface area contributed by atoms with Crippen LogP contribution in [-0.4, -0.2) is 18.7 Å². The van der Waals surface area contributed by atoms with Gasteiger partial charge in [0.1, 0.15) is 6.23 Å². The Morgan fingerprint density at radius 2 is 1.43 bits per heavy atom. The number of pyridine rings is 1. The molecule has 6 heteroatoms. The second-order valence-electron chi connectivity index (χ2n) is 13.3. The molecular formula is C50H54N4O2. The van der Waals surface area contributed by atoms with Crippen LogP contribution in [0.1, 0.15) is 72.5 Å². The van der Waals surface area contributed by atoms with Gasteiger partial charge in [-0.1, -0.05) is 131 Å². The first kappa shape index (κ1) is 41.0. The molecule has 0 spiro atoms. The normalized spacial score (nSPS) is 13.7. The number of rotatable bonds is 14. The molecule has 0 saturated heterocycles. The number of nitrogens with two attached hydrogens (primary N) is 3. The minimum absolute atomic E-state index is 0.113. The zero-order valence-corrected chi connectivity index (χ0v) is 33.0. The second kappa shape index (κ2) is 19.9. The van der Waals surface area contributed by atoms with Crippen LogP contribution in [0, 0.1) is 5.92 Å². The third-order valence-corrected chi connectivity index (χ3v) is 9.84. The van der Waals surface area contributed by atoms with Gasteiger partial charge in [-0.3, -0.25) is 4.98 Å². The highest BCUT2D eigenvalue weighted by Gasteiger charge is 2.26. The van der Waals surface area contributed by atoms with Gasteiger partial charge in [0.25, 0.3) is 0 Å². The lowest BCUT2D eigenvalue weighted by Crippen LogP contribution is -2.14. The predicted octanol–water partition coefficient (Wildman–Crippen LogP) is 11.4. The number of methoxy groups -OCH3 is 1. The van der Waals surface area contributed by atoms with Crippen molar-refractivity contribution in [1.82, 2.24) is 4.98 Å². The number of aromatic nitrogens is 1. The first-order valence-corrected chi connectivity index (χ1v) is 19.2. The van der Waals surface area contributed by atoms with E-state index in [0.717, 1.165) is 51.8 Å². The van der Waals surface area contributed by atoms with Gasteiger partial charge in [-0.05, 0) is 109 Å². The molecule has 0 bridgehead atoms. The summed E-state index contributed by atoms with van der Waals surface area (Å²) in [5, 5.41) is 0. The first-order valence-electron chi connectivity index (χ1n) is 19.2. The number of fused-ring (bicyclic) bond motifs is 1. The summed E-state index contributed by atoms with van der Waals surface area (Å²) in [6.07, 6.45) is 17.8. The maximum atomic E-state index is 6.45. The van der Waals surface area contributed by atoms with E-state index in [4.69, 9.17) is 31.7 Å². The summed E-state index contributed by atoms with van der Waals surface area (Å²) in [7, 11) is 1.58. The predicted molar refractivity (Wildman–Crippen MR) is 238 cm³/mol. The van der Waals surface area contributed by atoms with E-state index >= 15 is 0 Å². The summed E-state index contributed by atoms with van der Waals surface area (Å²) >= 11 is 0. The molecule has 5 aromatic rings. The molecule has 0 amide bonds. The molecule has 6 rings (SSSR count). The number of hydrogen-bond acceptors (Lipinski definition) is 6. The number of nitrogens with zero attached hydrogens (tertiary/aromatic N) is 1. The Kier molecular flexibility index (Phi) is 14.6. The highest BCUT2D eigenvalue weighted by molar-refractivity contribution is 6.00. The Balaban J connectivity index is 0.00000295. The molecule has 0 aliphatic heterocycles. The van der Waals surface area contributed by atoms with Gasteiger partial charge < -0.3 is 26.7 Å². The van der Waals surface area contributed by atoms with E-state index in [-0.39, 0.29) is 5.92 Å². The van der Waals surface area contributed by atoms with Crippen molar-refractivity contribution in [2.45, 2.75) is 39.8 Å². The van der Waals surface area contributed by atoms with Crippen LogP contribution < -0.4 is 17.2 Å². The Morgan fingerprint density at radius 3 is 1.96 bits per heavy atom. The molecule has 1 heterocycles. The van der Waals surface area contributed by atoms with Gasteiger partial charge in [0.2, 0.25) is 0 Å². The van der Waals surface area contributed by atoms with Crippen molar-refractivity contribution in [3.63, 3.8) is 0 Å². The van der Waals surface area contributed by atoms with Crippen molar-refractivity contribution in [3.05, 3.63) is 180 Å². The number of hydrogen-bond donors (Lipinski definition) is 3. The quantitative estimate of drug-likeness (QED) is 0.0594. The third-order valence-electron chi connectivity index (χ3n) is 9.84. The van der Waals surface area contributed by atoms with Crippen molar-refractivity contribution in [2.24, 2.45) is 23.1 Å². The Bertz CT molecular complexity index is 2180. The molecule has 56 heavy (non-hydrogen) atoms. The molecule has 6 N–H and O–H groups in total. The molecule has 1 aliphatic carbocycles. The minimum Gasteiger partial charge on any atom is -0.499 e. The molecule has 0 saturated carbocycles. The maximum Gasteiger partial charge on any atom is 0.148 e. The summed E-state index contributed by atoms with van der Waals surface area (Å²) in [4.78, 5) is 4.73. The van der Waals surface area contributed by atoms with E-state index < -0.39 is 6.23 Å². The Hall–Kier alpha value is -6.21. The smallest absolute Gasteiger partial charge is 0.148 e. The SMILES string of the molecule is C=Cc1c(C=C)c(-c2ccc(C(N)OC)nc2)c2c(c1C(/C=C\C(C)CO/C=C\N)=C/N)CCC(c1cc(-c3ccccc3)cc(-c3ccccc3)c1)=C2.CC. The van der Waals surface area contributed by atoms with Crippen LogP contribution in [0.5, 0.6) is 0 Å². The van der Waals surface area contributed by atoms with E-state index in [1.807, 2.05) is 38.3 Å². The van der Waals surface area contributed by atoms with Crippen molar-refractivity contribution in [1.29, 1.82) is 0 Å². The van der Waals surface area contributed by atoms with E-state index in [1.165, 1.54) is 51.4 Å². The second-order valence-corrected chi connectivity index (χ2v) is 13.3. The molecule has 2 unspecified atom stereocenters. The standard InChI is InChI=1S/C48H48N4O2.C2H6/c1-5-41-42(6-2)47(37-20-22-45(52-30-37)48(51)53-4)44-28-35(19-21-43(44)46(41)36(29-50)18-17-32(3)31-54-24-23-49)40-26-38(33-13-9-7-10-14-33)25-39(27-40)34-15-11-8-12-16-34;1-2/h5-18,20,22-30,32,48H,1-2,19,21,31,49-51H2,3-4H3;1-2H3/b18-17-,24-23-,36-29+;. The van der Waals surface area contributed by atoms with E-state index in [2.05, 4.69) is 123 Å².